The van der Waals surface area contributed by atoms with Crippen LogP contribution in [0.3, 0.4) is 0 Å². The predicted octanol–water partition coefficient (Wildman–Crippen LogP) is -0.437. The minimum Gasteiger partial charge on any atom is -0.394 e. The number of carbonyl (C=O) groups excluding carboxylic acids is 1. The Morgan fingerprint density at radius 1 is 1.50 bits per heavy atom. The van der Waals surface area contributed by atoms with E-state index in [0.29, 0.717) is 29.9 Å². The van der Waals surface area contributed by atoms with E-state index in [1.54, 1.807) is 11.2 Å². The summed E-state index contributed by atoms with van der Waals surface area (Å²) < 4.78 is 1.90. The highest BCUT2D eigenvalue weighted by atomic mass is 16.3. The fourth-order valence-corrected chi connectivity index (χ4v) is 2.79. The molecule has 0 aliphatic carbocycles. The molecule has 0 radical (unpaired) electrons. The Balaban J connectivity index is 1.97. The highest BCUT2D eigenvalue weighted by molar-refractivity contribution is 5.81. The molecule has 1 aliphatic heterocycles. The molecular formula is C12H16N6O2. The van der Waals surface area contributed by atoms with Crippen molar-refractivity contribution < 1.29 is 9.90 Å². The van der Waals surface area contributed by atoms with Crippen LogP contribution in [-0.4, -0.2) is 54.6 Å². The zero-order valence-electron chi connectivity index (χ0n) is 11.1. The Morgan fingerprint density at radius 3 is 2.95 bits per heavy atom. The summed E-state index contributed by atoms with van der Waals surface area (Å²) in [4.78, 5) is 25.6. The molecule has 1 fully saturated rings. The van der Waals surface area contributed by atoms with Gasteiger partial charge in [-0.25, -0.2) is 15.0 Å². The fraction of sp³-hybridized carbons (Fsp3) is 0.500. The molecule has 0 bridgehead atoms. The lowest BCUT2D eigenvalue weighted by Gasteiger charge is -2.20. The lowest BCUT2D eigenvalue weighted by molar-refractivity contribution is -0.130. The van der Waals surface area contributed by atoms with Crippen molar-refractivity contribution in [2.45, 2.75) is 25.4 Å². The molecular weight excluding hydrogens is 260 g/mol. The highest BCUT2D eigenvalue weighted by Crippen LogP contribution is 2.30. The van der Waals surface area contributed by atoms with Crippen LogP contribution in [0.4, 0.5) is 5.82 Å². The van der Waals surface area contributed by atoms with Crippen LogP contribution in [0, 0.1) is 0 Å². The molecule has 8 heteroatoms. The maximum atomic E-state index is 11.6. The zero-order valence-corrected chi connectivity index (χ0v) is 11.1. The van der Waals surface area contributed by atoms with Crippen LogP contribution in [-0.2, 0) is 4.79 Å². The van der Waals surface area contributed by atoms with E-state index in [-0.39, 0.29) is 24.6 Å². The molecule has 2 aromatic rings. The molecule has 20 heavy (non-hydrogen) atoms. The Morgan fingerprint density at radius 2 is 2.30 bits per heavy atom. The summed E-state index contributed by atoms with van der Waals surface area (Å²) in [6.07, 6.45) is 3.74. The van der Waals surface area contributed by atoms with Crippen molar-refractivity contribution in [1.29, 1.82) is 0 Å². The number of nitrogens with two attached hydrogens (primary N) is 1. The van der Waals surface area contributed by atoms with Crippen LogP contribution < -0.4 is 5.73 Å². The first-order valence-electron chi connectivity index (χ1n) is 6.43. The van der Waals surface area contributed by atoms with Crippen LogP contribution in [0.2, 0.25) is 0 Å². The van der Waals surface area contributed by atoms with Crippen molar-refractivity contribution in [3.8, 4) is 0 Å². The second-order valence-electron chi connectivity index (χ2n) is 4.98. The fourth-order valence-electron chi connectivity index (χ4n) is 2.79. The van der Waals surface area contributed by atoms with Gasteiger partial charge in [0, 0.05) is 13.5 Å². The number of hydrogen-bond acceptors (Lipinski definition) is 6. The topological polar surface area (TPSA) is 110 Å². The molecule has 1 saturated heterocycles. The molecule has 106 valence electrons. The van der Waals surface area contributed by atoms with Gasteiger partial charge in [0.25, 0.3) is 0 Å². The number of aliphatic hydroxyl groups is 1. The van der Waals surface area contributed by atoms with E-state index < -0.39 is 0 Å². The van der Waals surface area contributed by atoms with Gasteiger partial charge in [0.05, 0.1) is 25.0 Å². The van der Waals surface area contributed by atoms with Crippen molar-refractivity contribution in [3.63, 3.8) is 0 Å². The van der Waals surface area contributed by atoms with E-state index in [2.05, 4.69) is 15.0 Å². The minimum absolute atomic E-state index is 0.0369. The van der Waals surface area contributed by atoms with E-state index in [0.717, 1.165) is 0 Å². The van der Waals surface area contributed by atoms with Crippen molar-refractivity contribution in [1.82, 2.24) is 24.4 Å². The summed E-state index contributed by atoms with van der Waals surface area (Å²) in [6.45, 7) is 2.01. The van der Waals surface area contributed by atoms with E-state index in [4.69, 9.17) is 5.73 Å². The average Bonchev–Trinajstić information content (AvgIpc) is 3.02. The summed E-state index contributed by atoms with van der Waals surface area (Å²) in [5.41, 5.74) is 6.99. The van der Waals surface area contributed by atoms with Gasteiger partial charge >= 0.3 is 0 Å². The first kappa shape index (κ1) is 12.8. The second-order valence-corrected chi connectivity index (χ2v) is 4.98. The van der Waals surface area contributed by atoms with Gasteiger partial charge in [-0.05, 0) is 6.42 Å². The maximum Gasteiger partial charge on any atom is 0.219 e. The number of amides is 1. The van der Waals surface area contributed by atoms with Crippen LogP contribution in [0.15, 0.2) is 12.7 Å². The number of aliphatic hydroxyl groups excluding tert-OH is 1. The zero-order chi connectivity index (χ0) is 14.3. The van der Waals surface area contributed by atoms with E-state index in [1.165, 1.54) is 13.3 Å². The number of likely N-dealkylation sites (tertiary alicyclic amines) is 1. The van der Waals surface area contributed by atoms with Crippen LogP contribution in [0.25, 0.3) is 11.2 Å². The van der Waals surface area contributed by atoms with Gasteiger partial charge in [-0.1, -0.05) is 0 Å². The number of imidazole rings is 1. The Labute approximate surface area is 115 Å². The number of carbonyl (C=O) groups is 1. The Hall–Kier alpha value is -2.22. The minimum atomic E-state index is -0.158. The SMILES string of the molecule is CC(=O)N1CC(n2cnc3c(N)ncnc32)CC1CO. The standard InChI is InChI=1S/C12H16N6O2/c1-7(20)17-3-8(2-9(17)4-19)18-6-16-10-11(13)14-5-15-12(10)18/h5-6,8-9,19H,2-4H2,1H3,(H2,13,14,15). The van der Waals surface area contributed by atoms with Crippen molar-refractivity contribution in [2.75, 3.05) is 18.9 Å². The van der Waals surface area contributed by atoms with Gasteiger partial charge in [0.1, 0.15) is 11.8 Å². The van der Waals surface area contributed by atoms with E-state index >= 15 is 0 Å². The Bertz CT molecular complexity index is 654. The maximum absolute atomic E-state index is 11.6. The van der Waals surface area contributed by atoms with E-state index in [1.807, 2.05) is 4.57 Å². The third kappa shape index (κ3) is 1.88. The summed E-state index contributed by atoms with van der Waals surface area (Å²) >= 11 is 0. The van der Waals surface area contributed by atoms with Gasteiger partial charge in [-0.3, -0.25) is 4.79 Å². The lowest BCUT2D eigenvalue weighted by atomic mass is 10.2. The van der Waals surface area contributed by atoms with E-state index in [9.17, 15) is 9.90 Å². The normalized spacial score (nSPS) is 22.6. The van der Waals surface area contributed by atoms with Crippen LogP contribution in [0.5, 0.6) is 0 Å². The van der Waals surface area contributed by atoms with Crippen molar-refractivity contribution in [3.05, 3.63) is 12.7 Å². The third-order valence-corrected chi connectivity index (χ3v) is 3.79. The lowest BCUT2D eigenvalue weighted by Crippen LogP contribution is -2.36. The summed E-state index contributed by atoms with van der Waals surface area (Å²) in [5, 5.41) is 9.39. The molecule has 2 atom stereocenters. The number of anilines is 1. The van der Waals surface area contributed by atoms with Gasteiger partial charge in [0.2, 0.25) is 5.91 Å². The van der Waals surface area contributed by atoms with Gasteiger partial charge in [-0.2, -0.15) is 0 Å². The largest absolute Gasteiger partial charge is 0.394 e. The van der Waals surface area contributed by atoms with Crippen LogP contribution >= 0.6 is 0 Å². The number of nitrogen functional groups attached to an aromatic ring is 1. The molecule has 1 amide bonds. The molecule has 0 aromatic carbocycles. The first-order chi connectivity index (χ1) is 9.61. The van der Waals surface area contributed by atoms with Crippen molar-refractivity contribution >= 4 is 22.9 Å². The van der Waals surface area contributed by atoms with Crippen LogP contribution in [0.1, 0.15) is 19.4 Å². The quantitative estimate of drug-likeness (QED) is 0.769. The highest BCUT2D eigenvalue weighted by Gasteiger charge is 2.35. The monoisotopic (exact) mass is 276 g/mol. The number of aromatic nitrogens is 4. The number of hydrogen-bond donors (Lipinski definition) is 2. The molecule has 3 rings (SSSR count). The summed E-state index contributed by atoms with van der Waals surface area (Å²) in [5.74, 6) is 0.305. The van der Waals surface area contributed by atoms with Gasteiger partial charge in [-0.15, -0.1) is 0 Å². The summed E-state index contributed by atoms with van der Waals surface area (Å²) in [7, 11) is 0. The molecule has 8 nitrogen and oxygen atoms in total. The number of rotatable bonds is 2. The Kier molecular flexibility index (Phi) is 3.01. The molecule has 2 unspecified atom stereocenters. The molecule has 0 saturated carbocycles. The molecule has 1 aliphatic rings. The number of fused-ring (bicyclic) bond motifs is 1. The second kappa shape index (κ2) is 4.71. The van der Waals surface area contributed by atoms with Gasteiger partial charge in [0.15, 0.2) is 11.5 Å². The molecule has 3 heterocycles. The average molecular weight is 276 g/mol. The summed E-state index contributed by atoms with van der Waals surface area (Å²) in [6, 6.07) is -0.121. The van der Waals surface area contributed by atoms with Crippen molar-refractivity contribution in [2.24, 2.45) is 0 Å². The van der Waals surface area contributed by atoms with Gasteiger partial charge < -0.3 is 20.3 Å². The third-order valence-electron chi connectivity index (χ3n) is 3.79. The first-order valence-corrected chi connectivity index (χ1v) is 6.43. The predicted molar refractivity (Wildman–Crippen MR) is 71.7 cm³/mol. The number of nitrogens with zero attached hydrogens (tertiary/aromatic N) is 5. The molecule has 3 N–H and O–H groups in total. The molecule has 0 spiro atoms. The smallest absolute Gasteiger partial charge is 0.219 e. The molecule has 2 aromatic heterocycles.